The standard InChI is InChI=1S/C17H24N2O3S/c1-13-5-8-18(9-6-13)12-17(20)15-3-4-16-14(11-15)7-10-19(16)23(2,21)22/h3-4,11,13H,5-10,12H2,1-2H3. The quantitative estimate of drug-likeness (QED) is 0.788. The summed E-state index contributed by atoms with van der Waals surface area (Å²) in [6.07, 6.45) is 4.20. The van der Waals surface area contributed by atoms with Crippen molar-refractivity contribution in [3.05, 3.63) is 29.3 Å². The lowest BCUT2D eigenvalue weighted by atomic mass is 9.98. The van der Waals surface area contributed by atoms with E-state index in [0.29, 0.717) is 25.1 Å². The first-order valence-corrected chi connectivity index (χ1v) is 10.1. The number of benzene rings is 1. The Morgan fingerprint density at radius 1 is 1.22 bits per heavy atom. The molecule has 1 aromatic rings. The maximum Gasteiger partial charge on any atom is 0.232 e. The van der Waals surface area contributed by atoms with Crippen molar-refractivity contribution >= 4 is 21.5 Å². The van der Waals surface area contributed by atoms with Gasteiger partial charge in [0.05, 0.1) is 18.5 Å². The Kier molecular flexibility index (Phi) is 4.47. The summed E-state index contributed by atoms with van der Waals surface area (Å²) in [5, 5.41) is 0. The molecule has 0 aromatic heterocycles. The van der Waals surface area contributed by atoms with Crippen molar-refractivity contribution in [3.63, 3.8) is 0 Å². The molecule has 2 aliphatic heterocycles. The molecule has 2 heterocycles. The fraction of sp³-hybridized carbons (Fsp3) is 0.588. The molecule has 126 valence electrons. The minimum Gasteiger partial charge on any atom is -0.296 e. The summed E-state index contributed by atoms with van der Waals surface area (Å²) >= 11 is 0. The minimum absolute atomic E-state index is 0.125. The number of ketones is 1. The van der Waals surface area contributed by atoms with Crippen molar-refractivity contribution in [2.24, 2.45) is 5.92 Å². The second-order valence-corrected chi connectivity index (χ2v) is 8.72. The van der Waals surface area contributed by atoms with E-state index in [0.717, 1.165) is 43.1 Å². The molecule has 2 aliphatic rings. The number of Topliss-reactive ketones (excluding diaryl/α,β-unsaturated/α-hetero) is 1. The Bertz CT molecular complexity index is 707. The normalized spacial score (nSPS) is 19.8. The van der Waals surface area contributed by atoms with E-state index in [1.807, 2.05) is 6.07 Å². The van der Waals surface area contributed by atoms with Gasteiger partial charge in [0.25, 0.3) is 0 Å². The highest BCUT2D eigenvalue weighted by atomic mass is 32.2. The lowest BCUT2D eigenvalue weighted by Gasteiger charge is -2.29. The molecular formula is C17H24N2O3S. The number of fused-ring (bicyclic) bond motifs is 1. The number of carbonyl (C=O) groups is 1. The van der Waals surface area contributed by atoms with Crippen LogP contribution in [0.5, 0.6) is 0 Å². The number of hydrogen-bond donors (Lipinski definition) is 0. The third-order valence-corrected chi connectivity index (χ3v) is 6.08. The van der Waals surface area contributed by atoms with E-state index in [1.54, 1.807) is 12.1 Å². The highest BCUT2D eigenvalue weighted by molar-refractivity contribution is 7.92. The monoisotopic (exact) mass is 336 g/mol. The topological polar surface area (TPSA) is 57.7 Å². The van der Waals surface area contributed by atoms with Crippen LogP contribution < -0.4 is 4.31 Å². The third-order valence-electron chi connectivity index (χ3n) is 4.90. The van der Waals surface area contributed by atoms with Gasteiger partial charge in [0.15, 0.2) is 5.78 Å². The van der Waals surface area contributed by atoms with E-state index in [4.69, 9.17) is 0 Å². The summed E-state index contributed by atoms with van der Waals surface area (Å²) in [4.78, 5) is 14.7. The van der Waals surface area contributed by atoms with Crippen molar-refractivity contribution in [3.8, 4) is 0 Å². The second kappa shape index (κ2) is 6.24. The zero-order valence-corrected chi connectivity index (χ0v) is 14.6. The molecule has 0 N–H and O–H groups in total. The highest BCUT2D eigenvalue weighted by Gasteiger charge is 2.27. The summed E-state index contributed by atoms with van der Waals surface area (Å²) in [7, 11) is -3.24. The van der Waals surface area contributed by atoms with E-state index in [-0.39, 0.29) is 5.78 Å². The Labute approximate surface area is 138 Å². The van der Waals surface area contributed by atoms with E-state index >= 15 is 0 Å². The first kappa shape index (κ1) is 16.5. The van der Waals surface area contributed by atoms with Crippen molar-refractivity contribution in [2.45, 2.75) is 26.2 Å². The van der Waals surface area contributed by atoms with Gasteiger partial charge < -0.3 is 0 Å². The van der Waals surface area contributed by atoms with Gasteiger partial charge in [-0.05, 0) is 62.0 Å². The summed E-state index contributed by atoms with van der Waals surface area (Å²) in [5.41, 5.74) is 2.36. The average Bonchev–Trinajstić information content (AvgIpc) is 2.92. The third kappa shape index (κ3) is 3.58. The number of anilines is 1. The molecule has 0 spiro atoms. The molecule has 0 bridgehead atoms. The van der Waals surface area contributed by atoms with Gasteiger partial charge in [-0.2, -0.15) is 0 Å². The molecule has 1 aromatic carbocycles. The van der Waals surface area contributed by atoms with E-state index in [1.165, 1.54) is 10.6 Å². The number of likely N-dealkylation sites (tertiary alicyclic amines) is 1. The molecule has 0 radical (unpaired) electrons. The largest absolute Gasteiger partial charge is 0.296 e. The van der Waals surface area contributed by atoms with E-state index in [9.17, 15) is 13.2 Å². The van der Waals surface area contributed by atoms with Crippen molar-refractivity contribution < 1.29 is 13.2 Å². The van der Waals surface area contributed by atoms with E-state index < -0.39 is 10.0 Å². The molecule has 0 aliphatic carbocycles. The van der Waals surface area contributed by atoms with Crippen LogP contribution in [0.25, 0.3) is 0 Å². The second-order valence-electron chi connectivity index (χ2n) is 6.81. The van der Waals surface area contributed by atoms with E-state index in [2.05, 4.69) is 11.8 Å². The maximum atomic E-state index is 12.5. The van der Waals surface area contributed by atoms with Gasteiger partial charge in [0.2, 0.25) is 10.0 Å². The van der Waals surface area contributed by atoms with Crippen molar-refractivity contribution in [1.29, 1.82) is 0 Å². The van der Waals surface area contributed by atoms with Gasteiger partial charge in [0.1, 0.15) is 0 Å². The van der Waals surface area contributed by atoms with Gasteiger partial charge in [0, 0.05) is 12.1 Å². The summed E-state index contributed by atoms with van der Waals surface area (Å²) in [6, 6.07) is 5.40. The predicted octanol–water partition coefficient (Wildman–Crippen LogP) is 1.92. The molecule has 1 fully saturated rings. The first-order valence-electron chi connectivity index (χ1n) is 8.21. The molecule has 23 heavy (non-hydrogen) atoms. The van der Waals surface area contributed by atoms with Crippen LogP contribution >= 0.6 is 0 Å². The number of nitrogens with zero attached hydrogens (tertiary/aromatic N) is 2. The van der Waals surface area contributed by atoms with Crippen LogP contribution in [-0.4, -0.2) is 51.5 Å². The van der Waals surface area contributed by atoms with Crippen LogP contribution in [-0.2, 0) is 16.4 Å². The van der Waals surface area contributed by atoms with Gasteiger partial charge in [-0.25, -0.2) is 8.42 Å². The summed E-state index contributed by atoms with van der Waals surface area (Å²) < 4.78 is 24.9. The van der Waals surface area contributed by atoms with Gasteiger partial charge >= 0.3 is 0 Å². The average molecular weight is 336 g/mol. The van der Waals surface area contributed by atoms with Crippen LogP contribution in [0.15, 0.2) is 18.2 Å². The van der Waals surface area contributed by atoms with Crippen molar-refractivity contribution in [2.75, 3.05) is 36.7 Å². The van der Waals surface area contributed by atoms with Gasteiger partial charge in [-0.15, -0.1) is 0 Å². The first-order chi connectivity index (χ1) is 10.8. The molecule has 0 saturated carbocycles. The van der Waals surface area contributed by atoms with Gasteiger partial charge in [-0.1, -0.05) is 6.92 Å². The Balaban J connectivity index is 1.71. The zero-order valence-electron chi connectivity index (χ0n) is 13.8. The molecule has 5 nitrogen and oxygen atoms in total. The molecule has 3 rings (SSSR count). The molecule has 1 saturated heterocycles. The van der Waals surface area contributed by atoms with Crippen LogP contribution in [0.4, 0.5) is 5.69 Å². The summed E-state index contributed by atoms with van der Waals surface area (Å²) in [6.45, 7) is 5.16. The van der Waals surface area contributed by atoms with Crippen LogP contribution in [0.1, 0.15) is 35.7 Å². The molecule has 0 unspecified atom stereocenters. The molecule has 0 atom stereocenters. The van der Waals surface area contributed by atoms with Crippen LogP contribution in [0.2, 0.25) is 0 Å². The fourth-order valence-corrected chi connectivity index (χ4v) is 4.36. The molecular weight excluding hydrogens is 312 g/mol. The number of rotatable bonds is 4. The Hall–Kier alpha value is -1.40. The lowest BCUT2D eigenvalue weighted by molar-refractivity contribution is 0.0899. The molecule has 6 heteroatoms. The van der Waals surface area contributed by atoms with Gasteiger partial charge in [-0.3, -0.25) is 14.0 Å². The smallest absolute Gasteiger partial charge is 0.232 e. The fourth-order valence-electron chi connectivity index (χ4n) is 3.40. The number of sulfonamides is 1. The Morgan fingerprint density at radius 3 is 2.57 bits per heavy atom. The zero-order chi connectivity index (χ0) is 16.6. The highest BCUT2D eigenvalue weighted by Crippen LogP contribution is 2.31. The number of hydrogen-bond acceptors (Lipinski definition) is 4. The molecule has 0 amide bonds. The predicted molar refractivity (Wildman–Crippen MR) is 91.5 cm³/mol. The van der Waals surface area contributed by atoms with Crippen LogP contribution in [0.3, 0.4) is 0 Å². The van der Waals surface area contributed by atoms with Crippen LogP contribution in [0, 0.1) is 5.92 Å². The SMILES string of the molecule is CC1CCN(CC(=O)c2ccc3c(c2)CCN3S(C)(=O)=O)CC1. The number of piperidine rings is 1. The maximum absolute atomic E-state index is 12.5. The minimum atomic E-state index is -3.24. The van der Waals surface area contributed by atoms with Crippen molar-refractivity contribution in [1.82, 2.24) is 4.90 Å². The lowest BCUT2D eigenvalue weighted by Crippen LogP contribution is -2.36. The Morgan fingerprint density at radius 2 is 1.91 bits per heavy atom. The number of carbonyl (C=O) groups excluding carboxylic acids is 1. The summed E-state index contributed by atoms with van der Waals surface area (Å²) in [5.74, 6) is 0.878.